The SMILES string of the molecule is COc1ccccc1-c1sc2cccnc2c1Br. The molecular weight excluding hydrogens is 310 g/mol. The fraction of sp³-hybridized carbons (Fsp3) is 0.0714. The highest BCUT2D eigenvalue weighted by atomic mass is 79.9. The number of hydrogen-bond donors (Lipinski definition) is 0. The van der Waals surface area contributed by atoms with Crippen LogP contribution in [-0.4, -0.2) is 12.1 Å². The van der Waals surface area contributed by atoms with Gasteiger partial charge in [0.05, 0.1) is 26.7 Å². The van der Waals surface area contributed by atoms with Crippen LogP contribution in [0.3, 0.4) is 0 Å². The first-order valence-corrected chi connectivity index (χ1v) is 7.08. The monoisotopic (exact) mass is 319 g/mol. The molecule has 0 spiro atoms. The average Bonchev–Trinajstić information content (AvgIpc) is 2.76. The molecule has 0 aliphatic carbocycles. The summed E-state index contributed by atoms with van der Waals surface area (Å²) in [6.45, 7) is 0. The molecule has 0 fully saturated rings. The van der Waals surface area contributed by atoms with Gasteiger partial charge in [-0.2, -0.15) is 0 Å². The van der Waals surface area contributed by atoms with Gasteiger partial charge < -0.3 is 4.74 Å². The number of rotatable bonds is 2. The molecule has 0 unspecified atom stereocenters. The molecule has 3 rings (SSSR count). The van der Waals surface area contributed by atoms with Crippen molar-refractivity contribution in [2.75, 3.05) is 7.11 Å². The minimum Gasteiger partial charge on any atom is -0.496 e. The number of thiophene rings is 1. The summed E-state index contributed by atoms with van der Waals surface area (Å²) in [7, 11) is 1.69. The highest BCUT2D eigenvalue weighted by Gasteiger charge is 2.15. The number of hydrogen-bond acceptors (Lipinski definition) is 3. The second-order valence-electron chi connectivity index (χ2n) is 3.80. The van der Waals surface area contributed by atoms with Crippen LogP contribution in [0.1, 0.15) is 0 Å². The smallest absolute Gasteiger partial charge is 0.127 e. The first-order valence-electron chi connectivity index (χ1n) is 5.47. The Bertz CT molecular complexity index is 708. The Labute approximate surface area is 117 Å². The molecule has 2 heterocycles. The van der Waals surface area contributed by atoms with E-state index in [4.69, 9.17) is 4.74 Å². The number of methoxy groups -OCH3 is 1. The summed E-state index contributed by atoms with van der Waals surface area (Å²) in [4.78, 5) is 5.56. The first kappa shape index (κ1) is 11.7. The summed E-state index contributed by atoms with van der Waals surface area (Å²) in [5, 5.41) is 0. The molecule has 90 valence electrons. The predicted molar refractivity (Wildman–Crippen MR) is 79.3 cm³/mol. The average molecular weight is 320 g/mol. The maximum absolute atomic E-state index is 5.42. The van der Waals surface area contributed by atoms with Gasteiger partial charge in [0.1, 0.15) is 5.75 Å². The van der Waals surface area contributed by atoms with Crippen molar-refractivity contribution in [3.63, 3.8) is 0 Å². The molecule has 2 nitrogen and oxygen atoms in total. The van der Waals surface area contributed by atoms with E-state index in [9.17, 15) is 0 Å². The minimum absolute atomic E-state index is 0.879. The van der Waals surface area contributed by atoms with Crippen LogP contribution in [0.15, 0.2) is 47.1 Å². The van der Waals surface area contributed by atoms with Gasteiger partial charge in [-0.25, -0.2) is 0 Å². The summed E-state index contributed by atoms with van der Waals surface area (Å²) in [6.07, 6.45) is 1.81. The van der Waals surface area contributed by atoms with Gasteiger partial charge in [0.2, 0.25) is 0 Å². The third-order valence-electron chi connectivity index (χ3n) is 2.74. The van der Waals surface area contributed by atoms with Crippen molar-refractivity contribution in [1.29, 1.82) is 0 Å². The quantitative estimate of drug-likeness (QED) is 0.681. The normalized spacial score (nSPS) is 10.8. The van der Waals surface area contributed by atoms with E-state index in [0.29, 0.717) is 0 Å². The van der Waals surface area contributed by atoms with Crippen LogP contribution in [0.5, 0.6) is 5.75 Å². The zero-order valence-corrected chi connectivity index (χ0v) is 12.1. The van der Waals surface area contributed by atoms with Crippen LogP contribution in [0, 0.1) is 0 Å². The zero-order chi connectivity index (χ0) is 12.5. The Morgan fingerprint density at radius 3 is 2.78 bits per heavy atom. The summed E-state index contributed by atoms with van der Waals surface area (Å²) in [6, 6.07) is 12.1. The van der Waals surface area contributed by atoms with Crippen molar-refractivity contribution in [1.82, 2.24) is 4.98 Å². The van der Waals surface area contributed by atoms with E-state index in [2.05, 4.69) is 33.0 Å². The molecule has 3 aromatic rings. The third kappa shape index (κ3) is 1.82. The highest BCUT2D eigenvalue weighted by molar-refractivity contribution is 9.10. The van der Waals surface area contributed by atoms with E-state index in [-0.39, 0.29) is 0 Å². The molecule has 0 aliphatic heterocycles. The lowest BCUT2D eigenvalue weighted by Gasteiger charge is -2.06. The van der Waals surface area contributed by atoms with Crippen LogP contribution in [0.25, 0.3) is 20.7 Å². The molecule has 0 radical (unpaired) electrons. The maximum atomic E-state index is 5.42. The molecule has 0 N–H and O–H groups in total. The van der Waals surface area contributed by atoms with E-state index in [1.54, 1.807) is 18.4 Å². The van der Waals surface area contributed by atoms with Gasteiger partial charge in [0, 0.05) is 11.8 Å². The number of pyridine rings is 1. The fourth-order valence-corrected chi connectivity index (χ4v) is 3.89. The van der Waals surface area contributed by atoms with Gasteiger partial charge in [-0.1, -0.05) is 12.1 Å². The van der Waals surface area contributed by atoms with Crippen molar-refractivity contribution in [2.45, 2.75) is 0 Å². The maximum Gasteiger partial charge on any atom is 0.127 e. The molecular formula is C14H10BrNOS. The van der Waals surface area contributed by atoms with Gasteiger partial charge in [0.15, 0.2) is 0 Å². The minimum atomic E-state index is 0.879. The van der Waals surface area contributed by atoms with Crippen molar-refractivity contribution in [2.24, 2.45) is 0 Å². The molecule has 0 saturated heterocycles. The Balaban J connectivity index is 2.28. The molecule has 1 aromatic carbocycles. The molecule has 0 bridgehead atoms. The number of nitrogens with zero attached hydrogens (tertiary/aromatic N) is 1. The molecule has 0 amide bonds. The molecule has 4 heteroatoms. The van der Waals surface area contributed by atoms with Crippen LogP contribution in [0.4, 0.5) is 0 Å². The Morgan fingerprint density at radius 1 is 1.17 bits per heavy atom. The van der Waals surface area contributed by atoms with E-state index in [1.807, 2.05) is 30.5 Å². The highest BCUT2D eigenvalue weighted by Crippen LogP contribution is 2.44. The topological polar surface area (TPSA) is 22.1 Å². The van der Waals surface area contributed by atoms with Crippen molar-refractivity contribution in [3.05, 3.63) is 47.1 Å². The van der Waals surface area contributed by atoms with Crippen LogP contribution in [0.2, 0.25) is 0 Å². The lowest BCUT2D eigenvalue weighted by Crippen LogP contribution is -1.85. The number of aromatic nitrogens is 1. The summed E-state index contributed by atoms with van der Waals surface area (Å²) in [5.74, 6) is 0.879. The van der Waals surface area contributed by atoms with Crippen molar-refractivity contribution < 1.29 is 4.74 Å². The van der Waals surface area contributed by atoms with Crippen LogP contribution >= 0.6 is 27.3 Å². The van der Waals surface area contributed by atoms with Gasteiger partial charge in [-0.3, -0.25) is 4.98 Å². The zero-order valence-electron chi connectivity index (χ0n) is 9.68. The van der Waals surface area contributed by atoms with Crippen molar-refractivity contribution in [3.8, 4) is 16.2 Å². The molecule has 18 heavy (non-hydrogen) atoms. The lowest BCUT2D eigenvalue weighted by molar-refractivity contribution is 0.416. The number of halogens is 1. The summed E-state index contributed by atoms with van der Waals surface area (Å²) in [5.41, 5.74) is 2.10. The molecule has 0 aliphatic rings. The third-order valence-corrected chi connectivity index (χ3v) is 4.95. The molecule has 0 atom stereocenters. The van der Waals surface area contributed by atoms with E-state index >= 15 is 0 Å². The van der Waals surface area contributed by atoms with Gasteiger partial charge in [-0.15, -0.1) is 11.3 Å². The van der Waals surface area contributed by atoms with Crippen LogP contribution in [-0.2, 0) is 0 Å². The Hall–Kier alpha value is -1.39. The second-order valence-corrected chi connectivity index (χ2v) is 5.64. The molecule has 0 saturated carbocycles. The van der Waals surface area contributed by atoms with Crippen molar-refractivity contribution >= 4 is 37.5 Å². The lowest BCUT2D eigenvalue weighted by atomic mass is 10.1. The van der Waals surface area contributed by atoms with Gasteiger partial charge in [-0.05, 0) is 40.2 Å². The van der Waals surface area contributed by atoms with E-state index in [1.165, 1.54) is 4.70 Å². The van der Waals surface area contributed by atoms with Crippen LogP contribution < -0.4 is 4.74 Å². The first-order chi connectivity index (χ1) is 8.81. The van der Waals surface area contributed by atoms with E-state index in [0.717, 1.165) is 26.2 Å². The molecule has 2 aromatic heterocycles. The largest absolute Gasteiger partial charge is 0.496 e. The predicted octanol–water partition coefficient (Wildman–Crippen LogP) is 4.73. The second kappa shape index (κ2) is 4.71. The number of ether oxygens (including phenoxy) is 1. The summed E-state index contributed by atoms with van der Waals surface area (Å²) < 4.78 is 7.62. The van der Waals surface area contributed by atoms with E-state index < -0.39 is 0 Å². The Morgan fingerprint density at radius 2 is 2.00 bits per heavy atom. The Kier molecular flexibility index (Phi) is 3.06. The number of benzene rings is 1. The summed E-state index contributed by atoms with van der Waals surface area (Å²) >= 11 is 5.36. The standard InChI is InChI=1S/C14H10BrNOS/c1-17-10-6-3-2-5-9(10)14-12(15)13-11(18-14)7-4-8-16-13/h2-8H,1H3. The van der Waals surface area contributed by atoms with Gasteiger partial charge in [0.25, 0.3) is 0 Å². The van der Waals surface area contributed by atoms with Gasteiger partial charge >= 0.3 is 0 Å². The number of fused-ring (bicyclic) bond motifs is 1. The fourth-order valence-electron chi connectivity index (χ4n) is 1.91. The number of para-hydroxylation sites is 1.